The van der Waals surface area contributed by atoms with Gasteiger partial charge in [-0.05, 0) is 31.1 Å². The van der Waals surface area contributed by atoms with Gasteiger partial charge in [-0.3, -0.25) is 0 Å². The quantitative estimate of drug-likeness (QED) is 0.694. The Morgan fingerprint density at radius 1 is 0.920 bits per heavy atom. The first-order valence-corrected chi connectivity index (χ1v) is 9.04. The van der Waals surface area contributed by atoms with E-state index >= 15 is 0 Å². The van der Waals surface area contributed by atoms with Gasteiger partial charge in [-0.25, -0.2) is 13.2 Å². The zero-order chi connectivity index (χ0) is 17.3. The molecule has 5 unspecified atom stereocenters. The Morgan fingerprint density at radius 3 is 2.08 bits per heavy atom. The van der Waals surface area contributed by atoms with Gasteiger partial charge in [0.15, 0.2) is 18.6 Å². The number of aliphatic hydroxyl groups excluding tert-OH is 1. The molecule has 0 amide bonds. The van der Waals surface area contributed by atoms with Crippen molar-refractivity contribution >= 4 is 7.85 Å². The molecule has 1 saturated heterocycles. The molecule has 0 aromatic carbocycles. The Labute approximate surface area is 174 Å². The van der Waals surface area contributed by atoms with Crippen molar-refractivity contribution in [1.82, 2.24) is 0 Å². The van der Waals surface area contributed by atoms with E-state index in [1.807, 2.05) is 0 Å². The minimum atomic E-state index is -2.27. The zero-order valence-electron chi connectivity index (χ0n) is 14.4. The van der Waals surface area contributed by atoms with Crippen LogP contribution in [0.15, 0.2) is 0 Å². The van der Waals surface area contributed by atoms with Crippen molar-refractivity contribution in [2.24, 2.45) is 23.7 Å². The minimum Gasteiger partial charge on any atom is -0.389 e. The number of hydrogen-bond donors (Lipinski definition) is 1. The summed E-state index contributed by atoms with van der Waals surface area (Å²) in [6, 6.07) is 0. The van der Waals surface area contributed by atoms with Gasteiger partial charge < -0.3 is 14.6 Å². The Morgan fingerprint density at radius 2 is 1.52 bits per heavy atom. The average Bonchev–Trinajstić information content (AvgIpc) is 2.63. The van der Waals surface area contributed by atoms with E-state index in [0.29, 0.717) is 25.0 Å². The maximum atomic E-state index is 13.7. The standard InChI is InChI=1S/C17H26BF3O3.Y/c18-6-9-1-3-10(4-2-9)11-7-23-17(24-8-11)12-5-13(19)14(20)15(21)16(12)22;/h9-17,22H,1-8H2;. The monoisotopic (exact) mass is 435 g/mol. The molecule has 139 valence electrons. The largest absolute Gasteiger partial charge is 0.389 e. The molecule has 3 fully saturated rings. The summed E-state index contributed by atoms with van der Waals surface area (Å²) in [7, 11) is 5.71. The number of alkyl halides is 3. The molecule has 1 aliphatic heterocycles. The molecule has 25 heavy (non-hydrogen) atoms. The smallest absolute Gasteiger partial charge is 0.165 e. The van der Waals surface area contributed by atoms with Gasteiger partial charge in [-0.1, -0.05) is 19.2 Å². The van der Waals surface area contributed by atoms with Gasteiger partial charge in [0.1, 0.15) is 6.17 Å². The molecule has 0 spiro atoms. The van der Waals surface area contributed by atoms with Crippen molar-refractivity contribution in [3.05, 3.63) is 0 Å². The average molecular weight is 435 g/mol. The van der Waals surface area contributed by atoms with Crippen LogP contribution >= 0.6 is 0 Å². The molecule has 1 N–H and O–H groups in total. The summed E-state index contributed by atoms with van der Waals surface area (Å²) in [5.41, 5.74) is 0. The van der Waals surface area contributed by atoms with Gasteiger partial charge in [0.2, 0.25) is 0 Å². The molecule has 0 bridgehead atoms. The fourth-order valence-corrected chi connectivity index (χ4v) is 4.37. The van der Waals surface area contributed by atoms with Crippen LogP contribution in [-0.4, -0.2) is 57.1 Å². The summed E-state index contributed by atoms with van der Waals surface area (Å²) in [5, 5.41) is 9.90. The Hall–Kier alpha value is 0.839. The van der Waals surface area contributed by atoms with Gasteiger partial charge >= 0.3 is 0 Å². The summed E-state index contributed by atoms with van der Waals surface area (Å²) < 4.78 is 52.0. The van der Waals surface area contributed by atoms with Crippen molar-refractivity contribution in [2.45, 2.75) is 69.3 Å². The van der Waals surface area contributed by atoms with E-state index in [1.165, 1.54) is 0 Å². The Balaban J connectivity index is 0.00000225. The fraction of sp³-hybridized carbons (Fsp3) is 1.00. The maximum Gasteiger partial charge on any atom is 0.165 e. The van der Waals surface area contributed by atoms with Crippen LogP contribution < -0.4 is 0 Å². The predicted octanol–water partition coefficient (Wildman–Crippen LogP) is 2.76. The molecule has 3 nitrogen and oxygen atoms in total. The SMILES string of the molecule is [B]CC1CCC(C2COC(C3CC(F)C(F)C(F)C3O)OC2)CC1.[Y]. The van der Waals surface area contributed by atoms with E-state index in [0.717, 1.165) is 32.0 Å². The summed E-state index contributed by atoms with van der Waals surface area (Å²) in [4.78, 5) is 0. The molecule has 2 aliphatic carbocycles. The number of hydrogen-bond acceptors (Lipinski definition) is 3. The van der Waals surface area contributed by atoms with E-state index in [9.17, 15) is 18.3 Å². The van der Waals surface area contributed by atoms with Gasteiger partial charge in [-0.15, -0.1) is 0 Å². The van der Waals surface area contributed by atoms with Crippen LogP contribution in [-0.2, 0) is 42.2 Å². The van der Waals surface area contributed by atoms with E-state index in [2.05, 4.69) is 0 Å². The molecule has 8 heteroatoms. The second-order valence-electron chi connectivity index (χ2n) is 7.61. The Kier molecular flexibility index (Phi) is 8.73. The third-order valence-corrected chi connectivity index (χ3v) is 6.10. The van der Waals surface area contributed by atoms with Gasteiger partial charge in [0.05, 0.1) is 27.2 Å². The Bertz CT molecular complexity index is 407. The second kappa shape index (κ2) is 9.86. The minimum absolute atomic E-state index is 0. The zero-order valence-corrected chi connectivity index (χ0v) is 17.2. The normalized spacial score (nSPS) is 48.6. The van der Waals surface area contributed by atoms with Crippen molar-refractivity contribution in [3.8, 4) is 0 Å². The predicted molar refractivity (Wildman–Crippen MR) is 84.0 cm³/mol. The molecular formula is C17H26BF3O3Y. The second-order valence-corrected chi connectivity index (χ2v) is 7.61. The summed E-state index contributed by atoms with van der Waals surface area (Å²) in [5.74, 6) is 0.518. The fourth-order valence-electron chi connectivity index (χ4n) is 4.37. The molecule has 3 rings (SSSR count). The molecule has 3 radical (unpaired) electrons. The molecule has 0 aromatic rings. The molecule has 3 aliphatic rings. The first-order valence-electron chi connectivity index (χ1n) is 9.04. The number of aliphatic hydroxyl groups is 1. The maximum absolute atomic E-state index is 13.7. The van der Waals surface area contributed by atoms with Crippen LogP contribution in [0.4, 0.5) is 13.2 Å². The van der Waals surface area contributed by atoms with Crippen LogP contribution in [0.2, 0.25) is 6.32 Å². The third-order valence-electron chi connectivity index (χ3n) is 6.10. The molecular weight excluding hydrogens is 409 g/mol. The van der Waals surface area contributed by atoms with E-state index in [-0.39, 0.29) is 45.0 Å². The van der Waals surface area contributed by atoms with E-state index in [1.54, 1.807) is 0 Å². The summed E-state index contributed by atoms with van der Waals surface area (Å²) >= 11 is 0. The first kappa shape index (κ1) is 22.1. The molecule has 1 heterocycles. The van der Waals surface area contributed by atoms with Crippen molar-refractivity contribution in [3.63, 3.8) is 0 Å². The molecule has 5 atom stereocenters. The van der Waals surface area contributed by atoms with Crippen molar-refractivity contribution in [2.75, 3.05) is 13.2 Å². The van der Waals surface area contributed by atoms with Gasteiger partial charge in [0, 0.05) is 44.5 Å². The third kappa shape index (κ3) is 5.01. The van der Waals surface area contributed by atoms with E-state index in [4.69, 9.17) is 17.3 Å². The summed E-state index contributed by atoms with van der Waals surface area (Å²) in [6.45, 7) is 0.914. The van der Waals surface area contributed by atoms with Crippen LogP contribution in [0, 0.1) is 23.7 Å². The topological polar surface area (TPSA) is 38.7 Å². The van der Waals surface area contributed by atoms with Gasteiger partial charge in [0.25, 0.3) is 0 Å². The van der Waals surface area contributed by atoms with Crippen LogP contribution in [0.1, 0.15) is 32.1 Å². The van der Waals surface area contributed by atoms with E-state index < -0.39 is 36.8 Å². The first-order chi connectivity index (χ1) is 11.5. The summed E-state index contributed by atoms with van der Waals surface area (Å²) in [6.07, 6.45) is -3.99. The van der Waals surface area contributed by atoms with Crippen LogP contribution in [0.25, 0.3) is 0 Å². The number of rotatable bonds is 3. The van der Waals surface area contributed by atoms with Crippen LogP contribution in [0.3, 0.4) is 0 Å². The number of halogens is 3. The van der Waals surface area contributed by atoms with Crippen molar-refractivity contribution < 1.29 is 60.5 Å². The number of ether oxygens (including phenoxy) is 2. The molecule has 0 aromatic heterocycles. The van der Waals surface area contributed by atoms with Crippen LogP contribution in [0.5, 0.6) is 0 Å². The van der Waals surface area contributed by atoms with Crippen molar-refractivity contribution in [1.29, 1.82) is 0 Å². The molecule has 2 saturated carbocycles. The van der Waals surface area contributed by atoms with Gasteiger partial charge in [-0.2, -0.15) is 0 Å².